The molecule has 1 aliphatic rings. The zero-order valence-electron chi connectivity index (χ0n) is 12.7. The van der Waals surface area contributed by atoms with Crippen molar-refractivity contribution < 1.29 is 9.53 Å². The van der Waals surface area contributed by atoms with Crippen molar-refractivity contribution in [2.45, 2.75) is 24.7 Å². The van der Waals surface area contributed by atoms with Gasteiger partial charge in [-0.2, -0.15) is 0 Å². The second kappa shape index (κ2) is 6.18. The average Bonchev–Trinajstić information content (AvgIpc) is 2.54. The number of carbonyl (C=O) groups is 1. The van der Waals surface area contributed by atoms with E-state index < -0.39 is 0 Å². The number of nitrogens with one attached hydrogen (secondary N) is 1. The first kappa shape index (κ1) is 14.6. The zero-order valence-corrected chi connectivity index (χ0v) is 12.7. The molecule has 1 aliphatic carbocycles. The summed E-state index contributed by atoms with van der Waals surface area (Å²) in [7, 11) is 1.52. The van der Waals surface area contributed by atoms with Crippen LogP contribution < -0.4 is 10.1 Å². The van der Waals surface area contributed by atoms with Crippen LogP contribution in [0.3, 0.4) is 0 Å². The van der Waals surface area contributed by atoms with Gasteiger partial charge in [0, 0.05) is 18.2 Å². The third-order valence-corrected chi connectivity index (χ3v) is 4.49. The summed E-state index contributed by atoms with van der Waals surface area (Å²) in [5.41, 5.74) is 1.86. The monoisotopic (exact) mass is 296 g/mol. The minimum atomic E-state index is -0.132. The maximum absolute atomic E-state index is 12.4. The molecule has 3 rings (SSSR count). The maximum Gasteiger partial charge on any atom is 0.256 e. The summed E-state index contributed by atoms with van der Waals surface area (Å²) in [6.45, 7) is 0.647. The lowest BCUT2D eigenvalue weighted by atomic mass is 9.64. The van der Waals surface area contributed by atoms with Crippen molar-refractivity contribution in [3.63, 3.8) is 0 Å². The number of aromatic nitrogens is 1. The number of methoxy groups -OCH3 is 1. The molecule has 114 valence electrons. The third-order valence-electron chi connectivity index (χ3n) is 4.49. The van der Waals surface area contributed by atoms with Gasteiger partial charge < -0.3 is 10.1 Å². The Balaban J connectivity index is 1.72. The van der Waals surface area contributed by atoms with E-state index in [-0.39, 0.29) is 11.3 Å². The molecule has 0 bridgehead atoms. The minimum Gasteiger partial charge on any atom is -0.480 e. The number of carbonyl (C=O) groups excluding carboxylic acids is 1. The van der Waals surface area contributed by atoms with E-state index in [2.05, 4.69) is 34.6 Å². The normalized spacial score (nSPS) is 15.7. The summed E-state index contributed by atoms with van der Waals surface area (Å²) in [6.07, 6.45) is 5.05. The van der Waals surface area contributed by atoms with Crippen LogP contribution in [0, 0.1) is 0 Å². The van der Waals surface area contributed by atoms with Crippen molar-refractivity contribution in [1.29, 1.82) is 0 Å². The molecular weight excluding hydrogens is 276 g/mol. The van der Waals surface area contributed by atoms with E-state index in [0.29, 0.717) is 18.0 Å². The Morgan fingerprint density at radius 3 is 2.64 bits per heavy atom. The highest BCUT2D eigenvalue weighted by molar-refractivity contribution is 5.96. The number of hydrogen-bond acceptors (Lipinski definition) is 3. The lowest BCUT2D eigenvalue weighted by molar-refractivity contribution is 0.0924. The third kappa shape index (κ3) is 2.69. The van der Waals surface area contributed by atoms with Crippen molar-refractivity contribution in [1.82, 2.24) is 10.3 Å². The van der Waals surface area contributed by atoms with Gasteiger partial charge in [0.15, 0.2) is 0 Å². The Hall–Kier alpha value is -2.36. The molecule has 2 aromatic rings. The number of benzene rings is 1. The highest BCUT2D eigenvalue weighted by atomic mass is 16.5. The Labute approximate surface area is 130 Å². The number of pyridine rings is 1. The van der Waals surface area contributed by atoms with Gasteiger partial charge in [0.1, 0.15) is 5.56 Å². The largest absolute Gasteiger partial charge is 0.480 e. The van der Waals surface area contributed by atoms with E-state index in [9.17, 15) is 4.79 Å². The second-order valence-electron chi connectivity index (χ2n) is 5.74. The predicted octanol–water partition coefficient (Wildman–Crippen LogP) is 2.94. The zero-order chi connectivity index (χ0) is 15.4. The van der Waals surface area contributed by atoms with Crippen molar-refractivity contribution >= 4 is 5.91 Å². The highest BCUT2D eigenvalue weighted by Crippen LogP contribution is 2.43. The SMILES string of the molecule is COc1ncccc1C(=O)NCC1(c2ccccc2)CCC1. The molecule has 1 aromatic carbocycles. The van der Waals surface area contributed by atoms with Gasteiger partial charge in [-0.05, 0) is 30.5 Å². The molecule has 22 heavy (non-hydrogen) atoms. The number of amides is 1. The Kier molecular flexibility index (Phi) is 4.09. The average molecular weight is 296 g/mol. The van der Waals surface area contributed by atoms with Crippen LogP contribution in [0.2, 0.25) is 0 Å². The smallest absolute Gasteiger partial charge is 0.256 e. The molecule has 0 atom stereocenters. The van der Waals surface area contributed by atoms with Crippen LogP contribution in [0.5, 0.6) is 5.88 Å². The fourth-order valence-electron chi connectivity index (χ4n) is 3.03. The van der Waals surface area contributed by atoms with Crippen molar-refractivity contribution in [2.24, 2.45) is 0 Å². The molecule has 0 spiro atoms. The molecule has 1 saturated carbocycles. The summed E-state index contributed by atoms with van der Waals surface area (Å²) in [5, 5.41) is 3.06. The van der Waals surface area contributed by atoms with Gasteiger partial charge in [-0.25, -0.2) is 4.98 Å². The first-order chi connectivity index (χ1) is 10.7. The molecule has 4 heteroatoms. The number of rotatable bonds is 5. The predicted molar refractivity (Wildman–Crippen MR) is 85.1 cm³/mol. The fourth-order valence-corrected chi connectivity index (χ4v) is 3.03. The standard InChI is InChI=1S/C18H20N2O2/c1-22-17-15(9-5-12-19-17)16(21)20-13-18(10-6-11-18)14-7-3-2-4-8-14/h2-5,7-9,12H,6,10-11,13H2,1H3,(H,20,21). The molecular formula is C18H20N2O2. The summed E-state index contributed by atoms with van der Waals surface area (Å²) in [6, 6.07) is 13.9. The molecule has 1 heterocycles. The molecule has 0 aliphatic heterocycles. The van der Waals surface area contributed by atoms with Crippen LogP contribution >= 0.6 is 0 Å². The lowest BCUT2D eigenvalue weighted by Crippen LogP contribution is -2.45. The fraction of sp³-hybridized carbons (Fsp3) is 0.333. The van der Waals surface area contributed by atoms with E-state index in [1.807, 2.05) is 6.07 Å². The van der Waals surface area contributed by atoms with Gasteiger partial charge in [-0.3, -0.25) is 4.79 Å². The van der Waals surface area contributed by atoms with Gasteiger partial charge in [0.2, 0.25) is 5.88 Å². The topological polar surface area (TPSA) is 51.2 Å². The molecule has 0 unspecified atom stereocenters. The van der Waals surface area contributed by atoms with Gasteiger partial charge in [0.05, 0.1) is 7.11 Å². The second-order valence-corrected chi connectivity index (χ2v) is 5.74. The number of nitrogens with zero attached hydrogens (tertiary/aromatic N) is 1. The Bertz CT molecular complexity index is 651. The van der Waals surface area contributed by atoms with Crippen LogP contribution in [0.15, 0.2) is 48.7 Å². The molecule has 1 amide bonds. The molecule has 1 aromatic heterocycles. The van der Waals surface area contributed by atoms with E-state index in [1.54, 1.807) is 18.3 Å². The van der Waals surface area contributed by atoms with Gasteiger partial charge in [-0.15, -0.1) is 0 Å². The molecule has 1 N–H and O–H groups in total. The quantitative estimate of drug-likeness (QED) is 0.923. The lowest BCUT2D eigenvalue weighted by Gasteiger charge is -2.42. The van der Waals surface area contributed by atoms with E-state index in [0.717, 1.165) is 12.8 Å². The first-order valence-electron chi connectivity index (χ1n) is 7.58. The van der Waals surface area contributed by atoms with Crippen LogP contribution in [-0.4, -0.2) is 24.5 Å². The van der Waals surface area contributed by atoms with E-state index in [4.69, 9.17) is 4.74 Å². The summed E-state index contributed by atoms with van der Waals surface area (Å²) in [5.74, 6) is 0.231. The van der Waals surface area contributed by atoms with Gasteiger partial charge in [-0.1, -0.05) is 36.8 Å². The van der Waals surface area contributed by atoms with Gasteiger partial charge >= 0.3 is 0 Å². The summed E-state index contributed by atoms with van der Waals surface area (Å²) < 4.78 is 5.15. The van der Waals surface area contributed by atoms with Gasteiger partial charge in [0.25, 0.3) is 5.91 Å². The summed E-state index contributed by atoms with van der Waals surface area (Å²) in [4.78, 5) is 16.5. The van der Waals surface area contributed by atoms with Crippen molar-refractivity contribution in [3.05, 3.63) is 59.8 Å². The molecule has 1 fully saturated rings. The van der Waals surface area contributed by atoms with Crippen molar-refractivity contribution in [3.8, 4) is 5.88 Å². The Morgan fingerprint density at radius 1 is 1.23 bits per heavy atom. The number of hydrogen-bond donors (Lipinski definition) is 1. The summed E-state index contributed by atoms with van der Waals surface area (Å²) >= 11 is 0. The highest BCUT2D eigenvalue weighted by Gasteiger charge is 2.38. The van der Waals surface area contributed by atoms with Crippen LogP contribution in [0.25, 0.3) is 0 Å². The number of ether oxygens (including phenoxy) is 1. The van der Waals surface area contributed by atoms with E-state index >= 15 is 0 Å². The van der Waals surface area contributed by atoms with E-state index in [1.165, 1.54) is 19.1 Å². The van der Waals surface area contributed by atoms with Crippen LogP contribution in [-0.2, 0) is 5.41 Å². The van der Waals surface area contributed by atoms with Crippen LogP contribution in [0.4, 0.5) is 0 Å². The first-order valence-corrected chi connectivity index (χ1v) is 7.58. The minimum absolute atomic E-state index is 0.0758. The van der Waals surface area contributed by atoms with Crippen molar-refractivity contribution in [2.75, 3.05) is 13.7 Å². The molecule has 4 nitrogen and oxygen atoms in total. The maximum atomic E-state index is 12.4. The Morgan fingerprint density at radius 2 is 2.00 bits per heavy atom. The molecule has 0 saturated heterocycles. The van der Waals surface area contributed by atoms with Crippen LogP contribution in [0.1, 0.15) is 35.2 Å². The molecule has 0 radical (unpaired) electrons.